The van der Waals surface area contributed by atoms with Crippen LogP contribution in [0.5, 0.6) is 5.75 Å². The van der Waals surface area contributed by atoms with Gasteiger partial charge in [0.1, 0.15) is 5.75 Å². The quantitative estimate of drug-likeness (QED) is 0.270. The average Bonchev–Trinajstić information content (AvgIpc) is 2.43. The van der Waals surface area contributed by atoms with E-state index in [4.69, 9.17) is 10.6 Å². The molecule has 0 heterocycles. The van der Waals surface area contributed by atoms with Gasteiger partial charge >= 0.3 is 0 Å². The van der Waals surface area contributed by atoms with Crippen LogP contribution in [0.3, 0.4) is 0 Å². The largest absolute Gasteiger partial charge is 0.497 e. The van der Waals surface area contributed by atoms with Gasteiger partial charge in [0.15, 0.2) is 0 Å². The number of unbranched alkanes of at least 4 members (excludes halogenated alkanes) is 1. The second kappa shape index (κ2) is 8.37. The summed E-state index contributed by atoms with van der Waals surface area (Å²) < 4.78 is 5.21. The molecule has 0 amide bonds. The van der Waals surface area contributed by atoms with Gasteiger partial charge in [-0.1, -0.05) is 25.5 Å². The third-order valence-corrected chi connectivity index (χ3v) is 2.82. The number of hydrogen-bond donors (Lipinski definition) is 2. The highest BCUT2D eigenvalue weighted by molar-refractivity contribution is 5.79. The van der Waals surface area contributed by atoms with Crippen molar-refractivity contribution in [1.82, 2.24) is 10.3 Å². The Labute approximate surface area is 115 Å². The molecule has 0 unspecified atom stereocenters. The Bertz CT molecular complexity index is 406. The molecule has 0 fully saturated rings. The summed E-state index contributed by atoms with van der Waals surface area (Å²) in [6.45, 7) is 3.66. The lowest BCUT2D eigenvalue weighted by Crippen LogP contribution is -2.42. The van der Waals surface area contributed by atoms with Gasteiger partial charge in [-0.25, -0.2) is 5.84 Å². The topological polar surface area (TPSA) is 62.9 Å². The normalized spacial score (nSPS) is 11.3. The Morgan fingerprint density at radius 1 is 1.47 bits per heavy atom. The lowest BCUT2D eigenvalue weighted by molar-refractivity contribution is 0.412. The molecule has 106 valence electrons. The molecule has 0 atom stereocenters. The van der Waals surface area contributed by atoms with E-state index in [0.717, 1.165) is 37.2 Å². The molecule has 1 aromatic carbocycles. The zero-order valence-corrected chi connectivity index (χ0v) is 12.0. The summed E-state index contributed by atoms with van der Waals surface area (Å²) in [5.41, 5.74) is 3.81. The molecule has 0 spiro atoms. The van der Waals surface area contributed by atoms with Crippen LogP contribution in [0.2, 0.25) is 0 Å². The van der Waals surface area contributed by atoms with Crippen LogP contribution in [0, 0.1) is 0 Å². The van der Waals surface area contributed by atoms with Crippen LogP contribution in [0.25, 0.3) is 0 Å². The Kier molecular flexibility index (Phi) is 6.74. The molecule has 0 aliphatic heterocycles. The van der Waals surface area contributed by atoms with Gasteiger partial charge in [-0.3, -0.25) is 10.4 Å². The number of methoxy groups -OCH3 is 1. The van der Waals surface area contributed by atoms with Crippen molar-refractivity contribution in [1.29, 1.82) is 0 Å². The summed E-state index contributed by atoms with van der Waals surface area (Å²) in [6, 6.07) is 7.97. The maximum Gasteiger partial charge on any atom is 0.208 e. The fourth-order valence-electron chi connectivity index (χ4n) is 1.74. The summed E-state index contributed by atoms with van der Waals surface area (Å²) in [5, 5.41) is 0. The van der Waals surface area contributed by atoms with Crippen LogP contribution in [0.15, 0.2) is 29.3 Å². The molecular weight excluding hydrogens is 240 g/mol. The van der Waals surface area contributed by atoms with Gasteiger partial charge in [0.2, 0.25) is 5.96 Å². The predicted octanol–water partition coefficient (Wildman–Crippen LogP) is 1.75. The van der Waals surface area contributed by atoms with E-state index < -0.39 is 0 Å². The lowest BCUT2D eigenvalue weighted by atomic mass is 10.2. The van der Waals surface area contributed by atoms with E-state index in [2.05, 4.69) is 23.4 Å². The first kappa shape index (κ1) is 15.3. The molecule has 5 heteroatoms. The van der Waals surface area contributed by atoms with Crippen molar-refractivity contribution >= 4 is 5.96 Å². The number of guanidine groups is 1. The molecule has 3 N–H and O–H groups in total. The van der Waals surface area contributed by atoms with Crippen LogP contribution < -0.4 is 16.0 Å². The Morgan fingerprint density at radius 2 is 2.26 bits per heavy atom. The highest BCUT2D eigenvalue weighted by atomic mass is 16.5. The van der Waals surface area contributed by atoms with E-state index in [9.17, 15) is 0 Å². The third kappa shape index (κ3) is 5.18. The summed E-state index contributed by atoms with van der Waals surface area (Å²) in [6.07, 6.45) is 2.19. The highest BCUT2D eigenvalue weighted by Gasteiger charge is 2.06. The van der Waals surface area contributed by atoms with Gasteiger partial charge in [0.25, 0.3) is 0 Å². The fourth-order valence-corrected chi connectivity index (χ4v) is 1.74. The summed E-state index contributed by atoms with van der Waals surface area (Å²) >= 11 is 0. The molecule has 0 aliphatic carbocycles. The molecule has 19 heavy (non-hydrogen) atoms. The minimum Gasteiger partial charge on any atom is -0.497 e. The molecule has 0 aromatic heterocycles. The van der Waals surface area contributed by atoms with Crippen LogP contribution in [0.4, 0.5) is 0 Å². The van der Waals surface area contributed by atoms with Crippen molar-refractivity contribution in [3.8, 4) is 5.75 Å². The van der Waals surface area contributed by atoms with Crippen LogP contribution in [0.1, 0.15) is 25.3 Å². The van der Waals surface area contributed by atoms with Gasteiger partial charge in [-0.05, 0) is 24.1 Å². The van der Waals surface area contributed by atoms with Crippen LogP contribution >= 0.6 is 0 Å². The van der Waals surface area contributed by atoms with E-state index in [1.807, 2.05) is 30.1 Å². The number of nitrogens with zero attached hydrogens (tertiary/aromatic N) is 2. The molecule has 0 saturated heterocycles. The Balaban J connectivity index is 2.65. The van der Waals surface area contributed by atoms with Crippen molar-refractivity contribution in [2.45, 2.75) is 26.3 Å². The maximum atomic E-state index is 5.52. The lowest BCUT2D eigenvalue weighted by Gasteiger charge is -2.21. The van der Waals surface area contributed by atoms with Gasteiger partial charge in [-0.2, -0.15) is 0 Å². The molecule has 0 aliphatic rings. The van der Waals surface area contributed by atoms with Gasteiger partial charge in [0, 0.05) is 20.1 Å². The van der Waals surface area contributed by atoms with E-state index in [-0.39, 0.29) is 0 Å². The zero-order chi connectivity index (χ0) is 14.1. The second-order valence-corrected chi connectivity index (χ2v) is 4.41. The monoisotopic (exact) mass is 264 g/mol. The minimum absolute atomic E-state index is 0.705. The van der Waals surface area contributed by atoms with E-state index in [1.54, 1.807) is 7.11 Å². The third-order valence-electron chi connectivity index (χ3n) is 2.82. The second-order valence-electron chi connectivity index (χ2n) is 4.41. The number of nitrogens with two attached hydrogens (primary N) is 1. The number of nitrogens with one attached hydrogen (secondary N) is 1. The number of benzene rings is 1. The predicted molar refractivity (Wildman–Crippen MR) is 79.0 cm³/mol. The average molecular weight is 264 g/mol. The van der Waals surface area contributed by atoms with Crippen LogP contribution in [-0.4, -0.2) is 31.6 Å². The Morgan fingerprint density at radius 3 is 2.89 bits per heavy atom. The van der Waals surface area contributed by atoms with Crippen molar-refractivity contribution in [2.75, 3.05) is 20.7 Å². The number of aliphatic imine (C=N–C) groups is 1. The van der Waals surface area contributed by atoms with Crippen molar-refractivity contribution in [3.63, 3.8) is 0 Å². The smallest absolute Gasteiger partial charge is 0.208 e. The summed E-state index contributed by atoms with van der Waals surface area (Å²) in [4.78, 5) is 6.44. The first-order chi connectivity index (χ1) is 9.21. The molecule has 5 nitrogen and oxygen atoms in total. The van der Waals surface area contributed by atoms with E-state index in [0.29, 0.717) is 5.96 Å². The number of ether oxygens (including phenoxy) is 1. The Hall–Kier alpha value is -1.75. The molecule has 0 saturated carbocycles. The van der Waals surface area contributed by atoms with Crippen molar-refractivity contribution in [3.05, 3.63) is 29.8 Å². The highest BCUT2D eigenvalue weighted by Crippen LogP contribution is 2.13. The first-order valence-corrected chi connectivity index (χ1v) is 6.56. The SMILES string of the molecule is CCCCN=C(NN)N(C)Cc1cccc(OC)c1. The standard InChI is InChI=1S/C14H24N4O/c1-4-5-9-16-14(17-15)18(2)11-12-7-6-8-13(10-12)19-3/h6-8,10H,4-5,9,11,15H2,1-3H3,(H,16,17). The van der Waals surface area contributed by atoms with Crippen molar-refractivity contribution < 1.29 is 4.74 Å². The fraction of sp³-hybridized carbons (Fsp3) is 0.500. The van der Waals surface area contributed by atoms with Crippen molar-refractivity contribution in [2.24, 2.45) is 10.8 Å². The summed E-state index contributed by atoms with van der Waals surface area (Å²) in [5.74, 6) is 7.08. The maximum absolute atomic E-state index is 5.52. The molecular formula is C14H24N4O. The summed E-state index contributed by atoms with van der Waals surface area (Å²) in [7, 11) is 3.63. The zero-order valence-electron chi connectivity index (χ0n) is 12.0. The molecule has 0 bridgehead atoms. The van der Waals surface area contributed by atoms with Gasteiger partial charge < -0.3 is 9.64 Å². The molecule has 1 aromatic rings. The van der Waals surface area contributed by atoms with Crippen LogP contribution in [-0.2, 0) is 6.54 Å². The van der Waals surface area contributed by atoms with Gasteiger partial charge in [0.05, 0.1) is 7.11 Å². The minimum atomic E-state index is 0.705. The number of hydrogen-bond acceptors (Lipinski definition) is 3. The van der Waals surface area contributed by atoms with E-state index >= 15 is 0 Å². The van der Waals surface area contributed by atoms with E-state index in [1.165, 1.54) is 0 Å². The van der Waals surface area contributed by atoms with Gasteiger partial charge in [-0.15, -0.1) is 0 Å². The molecule has 0 radical (unpaired) electrons. The first-order valence-electron chi connectivity index (χ1n) is 6.56. The molecule has 1 rings (SSSR count). The number of hydrazine groups is 1. The number of rotatable bonds is 6.